The second-order valence-corrected chi connectivity index (χ2v) is 8.08. The number of phenolic OH excluding ortho intramolecular Hbond substituents is 1. The molecule has 3 amide bonds. The van der Waals surface area contributed by atoms with Gasteiger partial charge < -0.3 is 10.0 Å². The Morgan fingerprint density at radius 2 is 2.04 bits per heavy atom. The molecule has 3 N–H and O–H groups in total. The molecule has 1 aliphatic heterocycles. The Morgan fingerprint density at radius 1 is 1.31 bits per heavy atom. The third-order valence-corrected chi connectivity index (χ3v) is 5.57. The smallest absolute Gasteiger partial charge is 0.324 e. The van der Waals surface area contributed by atoms with Gasteiger partial charge in [0.05, 0.1) is 5.75 Å². The number of sulfonamides is 1. The van der Waals surface area contributed by atoms with Gasteiger partial charge in [-0.1, -0.05) is 12.5 Å². The Bertz CT molecular complexity index is 784. The van der Waals surface area contributed by atoms with Gasteiger partial charge in [-0.25, -0.2) is 22.3 Å². The second-order valence-electron chi connectivity index (χ2n) is 6.20. The van der Waals surface area contributed by atoms with E-state index >= 15 is 0 Å². The molecule has 144 valence electrons. The van der Waals surface area contributed by atoms with E-state index in [1.165, 1.54) is 17.0 Å². The average molecular weight is 387 g/mol. The highest BCUT2D eigenvalue weighted by Crippen LogP contribution is 2.22. The number of nitrogens with zero attached hydrogens (tertiary/aromatic N) is 1. The molecular weight excluding hydrogens is 365 g/mol. The predicted octanol–water partition coefficient (Wildman–Crippen LogP) is 1.23. The molecule has 1 atom stereocenters. The number of urea groups is 1. The zero-order chi connectivity index (χ0) is 19.3. The lowest BCUT2D eigenvalue weighted by Crippen LogP contribution is -2.30. The van der Waals surface area contributed by atoms with Crippen molar-refractivity contribution in [2.75, 3.05) is 18.8 Å². The Balaban J connectivity index is 1.73. The number of rotatable bonds is 9. The van der Waals surface area contributed by atoms with Crippen LogP contribution in [0.25, 0.3) is 0 Å². The lowest BCUT2D eigenvalue weighted by molar-refractivity contribution is -0.118. The zero-order valence-electron chi connectivity index (χ0n) is 14.4. The summed E-state index contributed by atoms with van der Waals surface area (Å²) in [4.78, 5) is 23.8. The minimum Gasteiger partial charge on any atom is -0.505 e. The summed E-state index contributed by atoms with van der Waals surface area (Å²) < 4.78 is 39.8. The summed E-state index contributed by atoms with van der Waals surface area (Å²) in [6.07, 6.45) is 1.59. The van der Waals surface area contributed by atoms with Crippen molar-refractivity contribution in [3.63, 3.8) is 0 Å². The van der Waals surface area contributed by atoms with Crippen molar-refractivity contribution >= 4 is 22.0 Å². The molecule has 0 spiro atoms. The van der Waals surface area contributed by atoms with E-state index < -0.39 is 33.7 Å². The van der Waals surface area contributed by atoms with Crippen molar-refractivity contribution in [2.24, 2.45) is 0 Å². The molecule has 0 aromatic heterocycles. The Labute approximate surface area is 151 Å². The number of imide groups is 1. The summed E-state index contributed by atoms with van der Waals surface area (Å²) in [6.45, 7) is 2.05. The third-order valence-electron chi connectivity index (χ3n) is 4.04. The number of nitrogens with one attached hydrogen (secondary N) is 2. The van der Waals surface area contributed by atoms with Gasteiger partial charge in [-0.15, -0.1) is 0 Å². The number of hydrogen-bond donors (Lipinski definition) is 3. The fourth-order valence-electron chi connectivity index (χ4n) is 2.63. The van der Waals surface area contributed by atoms with Gasteiger partial charge in [0, 0.05) is 12.6 Å². The van der Waals surface area contributed by atoms with E-state index in [2.05, 4.69) is 10.0 Å². The Morgan fingerprint density at radius 3 is 2.65 bits per heavy atom. The summed E-state index contributed by atoms with van der Waals surface area (Å²) >= 11 is 0. The largest absolute Gasteiger partial charge is 0.505 e. The highest BCUT2D eigenvalue weighted by atomic mass is 32.2. The first kappa shape index (κ1) is 20.1. The number of amides is 3. The number of phenols is 1. The molecular formula is C16H22FN3O5S. The molecule has 1 saturated heterocycles. The van der Waals surface area contributed by atoms with Crippen molar-refractivity contribution in [1.82, 2.24) is 14.9 Å². The number of carbonyl (C=O) groups is 2. The summed E-state index contributed by atoms with van der Waals surface area (Å²) in [5, 5.41) is 11.5. The number of halogens is 1. The van der Waals surface area contributed by atoms with Gasteiger partial charge in [-0.2, -0.15) is 0 Å². The molecule has 10 heteroatoms. The van der Waals surface area contributed by atoms with Gasteiger partial charge in [0.15, 0.2) is 11.6 Å². The van der Waals surface area contributed by atoms with Crippen molar-refractivity contribution in [3.8, 4) is 5.75 Å². The van der Waals surface area contributed by atoms with Crippen molar-refractivity contribution in [1.29, 1.82) is 0 Å². The maximum atomic E-state index is 13.1. The van der Waals surface area contributed by atoms with Crippen LogP contribution in [-0.2, 0) is 14.8 Å². The number of carbonyl (C=O) groups excluding carboxylic acids is 2. The highest BCUT2D eigenvalue weighted by Gasteiger charge is 2.25. The van der Waals surface area contributed by atoms with E-state index in [9.17, 15) is 27.5 Å². The van der Waals surface area contributed by atoms with E-state index in [1.807, 2.05) is 0 Å². The average Bonchev–Trinajstić information content (AvgIpc) is 2.86. The monoisotopic (exact) mass is 387 g/mol. The Kier molecular flexibility index (Phi) is 6.54. The van der Waals surface area contributed by atoms with Crippen LogP contribution in [0.1, 0.15) is 37.8 Å². The van der Waals surface area contributed by atoms with Crippen molar-refractivity contribution in [2.45, 2.75) is 32.2 Å². The molecule has 1 aliphatic rings. The molecule has 0 aliphatic carbocycles. The molecule has 1 aromatic rings. The molecule has 8 nitrogen and oxygen atoms in total. The van der Waals surface area contributed by atoms with Crippen LogP contribution in [0.2, 0.25) is 0 Å². The maximum Gasteiger partial charge on any atom is 0.324 e. The van der Waals surface area contributed by atoms with Crippen LogP contribution in [0.15, 0.2) is 18.2 Å². The first-order valence-corrected chi connectivity index (χ1v) is 9.90. The molecule has 1 heterocycles. The van der Waals surface area contributed by atoms with E-state index in [4.69, 9.17) is 0 Å². The molecule has 1 aromatic carbocycles. The first-order chi connectivity index (χ1) is 12.2. The highest BCUT2D eigenvalue weighted by molar-refractivity contribution is 7.89. The lowest BCUT2D eigenvalue weighted by atomic mass is 10.1. The number of benzene rings is 1. The SMILES string of the molecule is C[C@@H](NS(=O)(=O)CCCCCN1CC(=O)NC1=O)c1ccc(F)c(O)c1. The van der Waals surface area contributed by atoms with Gasteiger partial charge in [0.2, 0.25) is 15.9 Å². The molecule has 0 bridgehead atoms. The summed E-state index contributed by atoms with van der Waals surface area (Å²) in [6, 6.07) is 2.65. The van der Waals surface area contributed by atoms with Gasteiger partial charge in [-0.3, -0.25) is 10.1 Å². The quantitative estimate of drug-likeness (QED) is 0.435. The summed E-state index contributed by atoms with van der Waals surface area (Å²) in [7, 11) is -3.54. The molecule has 0 radical (unpaired) electrons. The van der Waals surface area contributed by atoms with E-state index in [1.54, 1.807) is 6.92 Å². The first-order valence-electron chi connectivity index (χ1n) is 8.25. The van der Waals surface area contributed by atoms with Crippen LogP contribution in [0.3, 0.4) is 0 Å². The van der Waals surface area contributed by atoms with Gasteiger partial charge in [0.1, 0.15) is 6.54 Å². The van der Waals surface area contributed by atoms with Crippen molar-refractivity contribution < 1.29 is 27.5 Å². The second kappa shape index (κ2) is 8.45. The summed E-state index contributed by atoms with van der Waals surface area (Å²) in [5.74, 6) is -1.71. The van der Waals surface area contributed by atoms with Gasteiger partial charge >= 0.3 is 6.03 Å². The third kappa shape index (κ3) is 5.67. The zero-order valence-corrected chi connectivity index (χ0v) is 15.2. The molecule has 26 heavy (non-hydrogen) atoms. The standard InChI is InChI=1S/C16H22FN3O5S/c1-11(12-5-6-13(17)14(21)9-12)19-26(24,25)8-4-2-3-7-20-10-15(22)18-16(20)23/h5-6,9,11,19,21H,2-4,7-8,10H2,1H3,(H,18,22,23)/t11-/m1/s1. The van der Waals surface area contributed by atoms with Gasteiger partial charge in [0.25, 0.3) is 0 Å². The molecule has 1 fully saturated rings. The van der Waals surface area contributed by atoms with Crippen LogP contribution in [0.4, 0.5) is 9.18 Å². The van der Waals surface area contributed by atoms with Crippen LogP contribution >= 0.6 is 0 Å². The molecule has 0 unspecified atom stereocenters. The topological polar surface area (TPSA) is 116 Å². The van der Waals surface area contributed by atoms with Crippen LogP contribution in [0.5, 0.6) is 5.75 Å². The predicted molar refractivity (Wildman–Crippen MR) is 92.4 cm³/mol. The lowest BCUT2D eigenvalue weighted by Gasteiger charge is -2.15. The molecule has 0 saturated carbocycles. The number of aromatic hydroxyl groups is 1. The van der Waals surface area contributed by atoms with E-state index in [0.717, 1.165) is 6.07 Å². The fraction of sp³-hybridized carbons (Fsp3) is 0.500. The van der Waals surface area contributed by atoms with Crippen LogP contribution in [0, 0.1) is 5.82 Å². The van der Waals surface area contributed by atoms with E-state index in [-0.39, 0.29) is 18.2 Å². The number of unbranched alkanes of at least 4 members (excludes halogenated alkanes) is 2. The normalized spacial score (nSPS) is 16.0. The Hall–Kier alpha value is -2.20. The number of hydrogen-bond acceptors (Lipinski definition) is 5. The summed E-state index contributed by atoms with van der Waals surface area (Å²) in [5.41, 5.74) is 0.456. The maximum absolute atomic E-state index is 13.1. The van der Waals surface area contributed by atoms with Crippen LogP contribution < -0.4 is 10.0 Å². The minimum absolute atomic E-state index is 0.0424. The van der Waals surface area contributed by atoms with Gasteiger partial charge in [-0.05, 0) is 37.5 Å². The van der Waals surface area contributed by atoms with Crippen LogP contribution in [-0.4, -0.2) is 49.2 Å². The molecule has 2 rings (SSSR count). The van der Waals surface area contributed by atoms with Crippen molar-refractivity contribution in [3.05, 3.63) is 29.6 Å². The van der Waals surface area contributed by atoms with E-state index in [0.29, 0.717) is 31.4 Å². The fourth-order valence-corrected chi connectivity index (χ4v) is 4.01. The minimum atomic E-state index is -3.54.